The molecule has 0 aliphatic carbocycles. The third-order valence-corrected chi connectivity index (χ3v) is 3.17. The van der Waals surface area contributed by atoms with Crippen LogP contribution in [0.3, 0.4) is 0 Å². The number of carbonyl (C=O) groups excluding carboxylic acids is 1. The Hall–Kier alpha value is -2.30. The molecule has 2 atom stereocenters. The van der Waals surface area contributed by atoms with Crippen LogP contribution in [0.2, 0.25) is 0 Å². The van der Waals surface area contributed by atoms with Gasteiger partial charge in [0.2, 0.25) is 5.91 Å². The molecule has 0 aliphatic heterocycles. The Kier molecular flexibility index (Phi) is 3.55. The summed E-state index contributed by atoms with van der Waals surface area (Å²) in [6.45, 7) is 3.09. The molecule has 1 heterocycles. The number of nitrogens with one attached hydrogen (secondary N) is 2. The van der Waals surface area contributed by atoms with E-state index in [1.165, 1.54) is 6.92 Å². The molecule has 0 bridgehead atoms. The van der Waals surface area contributed by atoms with E-state index in [9.17, 15) is 14.7 Å². The van der Waals surface area contributed by atoms with Crippen molar-refractivity contribution in [3.8, 4) is 0 Å². The first kappa shape index (κ1) is 13.1. The normalized spacial score (nSPS) is 14.0. The number of hydrogen-bond donors (Lipinski definition) is 3. The largest absolute Gasteiger partial charge is 0.480 e. The van der Waals surface area contributed by atoms with Crippen LogP contribution >= 0.6 is 0 Å². The molecular weight excluding hydrogens is 244 g/mol. The lowest BCUT2D eigenvalue weighted by molar-refractivity contribution is -0.142. The first-order chi connectivity index (χ1) is 8.99. The Balaban J connectivity index is 2.32. The molecule has 1 amide bonds. The highest BCUT2D eigenvalue weighted by Crippen LogP contribution is 2.23. The number of aliphatic carboxylic acids is 1. The van der Waals surface area contributed by atoms with Gasteiger partial charge in [0.05, 0.1) is 0 Å². The van der Waals surface area contributed by atoms with Crippen molar-refractivity contribution < 1.29 is 14.7 Å². The van der Waals surface area contributed by atoms with E-state index in [2.05, 4.69) is 10.3 Å². The molecule has 0 fully saturated rings. The highest BCUT2D eigenvalue weighted by Gasteiger charge is 2.27. The molecule has 2 rings (SSSR count). The molecule has 2 unspecified atom stereocenters. The summed E-state index contributed by atoms with van der Waals surface area (Å²) in [5.41, 5.74) is 1.75. The van der Waals surface area contributed by atoms with E-state index in [4.69, 9.17) is 0 Å². The van der Waals surface area contributed by atoms with E-state index in [1.54, 1.807) is 6.92 Å². The summed E-state index contributed by atoms with van der Waals surface area (Å²) in [4.78, 5) is 25.5. The number of hydrogen-bond acceptors (Lipinski definition) is 2. The van der Waals surface area contributed by atoms with Crippen LogP contribution in [-0.2, 0) is 9.59 Å². The SMILES string of the molecule is CC(=O)NC(C(=O)O)C(C)c1cc2ccccc2[nH]1. The van der Waals surface area contributed by atoms with Crippen molar-refractivity contribution in [3.63, 3.8) is 0 Å². The van der Waals surface area contributed by atoms with Crippen LogP contribution in [0, 0.1) is 0 Å². The van der Waals surface area contributed by atoms with Crippen LogP contribution in [-0.4, -0.2) is 28.0 Å². The van der Waals surface area contributed by atoms with Gasteiger partial charge < -0.3 is 15.4 Å². The van der Waals surface area contributed by atoms with E-state index in [1.807, 2.05) is 30.3 Å². The van der Waals surface area contributed by atoms with Gasteiger partial charge in [-0.15, -0.1) is 0 Å². The topological polar surface area (TPSA) is 82.2 Å². The lowest BCUT2D eigenvalue weighted by Crippen LogP contribution is -2.43. The molecule has 1 aromatic carbocycles. The minimum atomic E-state index is -1.04. The Labute approximate surface area is 110 Å². The number of aromatic amines is 1. The smallest absolute Gasteiger partial charge is 0.326 e. The van der Waals surface area contributed by atoms with Crippen molar-refractivity contribution in [1.82, 2.24) is 10.3 Å². The van der Waals surface area contributed by atoms with Crippen LogP contribution in [0.1, 0.15) is 25.5 Å². The van der Waals surface area contributed by atoms with Gasteiger partial charge >= 0.3 is 5.97 Å². The second kappa shape index (κ2) is 5.14. The molecule has 3 N–H and O–H groups in total. The maximum atomic E-state index is 11.2. The van der Waals surface area contributed by atoms with Crippen LogP contribution < -0.4 is 5.32 Å². The average molecular weight is 260 g/mol. The molecule has 5 nitrogen and oxygen atoms in total. The number of carboxylic acids is 1. The van der Waals surface area contributed by atoms with Crippen LogP contribution in [0.15, 0.2) is 30.3 Å². The molecule has 1 aromatic heterocycles. The van der Waals surface area contributed by atoms with Gasteiger partial charge in [0.15, 0.2) is 0 Å². The molecule has 0 saturated carbocycles. The van der Waals surface area contributed by atoms with Gasteiger partial charge in [-0.2, -0.15) is 0 Å². The number of aromatic nitrogens is 1. The third kappa shape index (κ3) is 2.76. The van der Waals surface area contributed by atoms with E-state index < -0.39 is 12.0 Å². The standard InChI is InChI=1S/C14H16N2O3/c1-8(13(14(18)19)15-9(2)17)12-7-10-5-3-4-6-11(10)16-12/h3-8,13,16H,1-2H3,(H,15,17)(H,18,19). The number of rotatable bonds is 4. The van der Waals surface area contributed by atoms with Gasteiger partial charge in [-0.05, 0) is 17.5 Å². The highest BCUT2D eigenvalue weighted by atomic mass is 16.4. The Morgan fingerprint density at radius 1 is 1.32 bits per heavy atom. The fraction of sp³-hybridized carbons (Fsp3) is 0.286. The maximum Gasteiger partial charge on any atom is 0.326 e. The second-order valence-electron chi connectivity index (χ2n) is 4.62. The van der Waals surface area contributed by atoms with Gasteiger partial charge in [-0.25, -0.2) is 4.79 Å². The third-order valence-electron chi connectivity index (χ3n) is 3.17. The van der Waals surface area contributed by atoms with E-state index >= 15 is 0 Å². The minimum Gasteiger partial charge on any atom is -0.480 e. The van der Waals surface area contributed by atoms with Gasteiger partial charge in [-0.3, -0.25) is 4.79 Å². The predicted octanol–water partition coefficient (Wildman–Crippen LogP) is 1.86. The summed E-state index contributed by atoms with van der Waals surface area (Å²) in [6, 6.07) is 8.70. The number of carboxylic acid groups (broad SMARTS) is 1. The van der Waals surface area contributed by atoms with E-state index in [0.29, 0.717) is 0 Å². The van der Waals surface area contributed by atoms with Crippen molar-refractivity contribution in [3.05, 3.63) is 36.0 Å². The molecule has 2 aromatic rings. The minimum absolute atomic E-state index is 0.339. The van der Waals surface area contributed by atoms with Crippen molar-refractivity contribution in [2.45, 2.75) is 25.8 Å². The maximum absolute atomic E-state index is 11.2. The average Bonchev–Trinajstić information content (AvgIpc) is 2.78. The molecule has 19 heavy (non-hydrogen) atoms. The second-order valence-corrected chi connectivity index (χ2v) is 4.62. The number of benzene rings is 1. The Bertz CT molecular complexity index is 585. The van der Waals surface area contributed by atoms with E-state index in [-0.39, 0.29) is 11.8 Å². The Morgan fingerprint density at radius 2 is 2.00 bits per heavy atom. The molecule has 100 valence electrons. The summed E-state index contributed by atoms with van der Waals surface area (Å²) in [5.74, 6) is -1.73. The lowest BCUT2D eigenvalue weighted by atomic mass is 9.98. The van der Waals surface area contributed by atoms with Gasteiger partial charge in [0.1, 0.15) is 6.04 Å². The van der Waals surface area contributed by atoms with Crippen LogP contribution in [0.4, 0.5) is 0 Å². The fourth-order valence-corrected chi connectivity index (χ4v) is 2.14. The quantitative estimate of drug-likeness (QED) is 0.784. The fourth-order valence-electron chi connectivity index (χ4n) is 2.14. The van der Waals surface area contributed by atoms with Crippen molar-refractivity contribution in [2.24, 2.45) is 0 Å². The zero-order valence-electron chi connectivity index (χ0n) is 10.8. The summed E-state index contributed by atoms with van der Waals surface area (Å²) in [6.07, 6.45) is 0. The monoisotopic (exact) mass is 260 g/mol. The van der Waals surface area contributed by atoms with Crippen LogP contribution in [0.5, 0.6) is 0 Å². The first-order valence-electron chi connectivity index (χ1n) is 6.06. The lowest BCUT2D eigenvalue weighted by Gasteiger charge is -2.19. The molecular formula is C14H16N2O3. The molecule has 0 spiro atoms. The van der Waals surface area contributed by atoms with Gasteiger partial charge in [0.25, 0.3) is 0 Å². The van der Waals surface area contributed by atoms with Gasteiger partial charge in [-0.1, -0.05) is 25.1 Å². The number of H-pyrrole nitrogens is 1. The van der Waals surface area contributed by atoms with Crippen molar-refractivity contribution >= 4 is 22.8 Å². The summed E-state index contributed by atoms with van der Waals surface area (Å²) < 4.78 is 0. The predicted molar refractivity (Wildman–Crippen MR) is 72.0 cm³/mol. The molecule has 5 heteroatoms. The van der Waals surface area contributed by atoms with E-state index in [0.717, 1.165) is 16.6 Å². The number of carbonyl (C=O) groups is 2. The summed E-state index contributed by atoms with van der Waals surface area (Å²) >= 11 is 0. The zero-order valence-corrected chi connectivity index (χ0v) is 10.8. The number of para-hydroxylation sites is 1. The molecule has 0 saturated heterocycles. The summed E-state index contributed by atoms with van der Waals surface area (Å²) in [5, 5.41) is 12.7. The van der Waals surface area contributed by atoms with Crippen molar-refractivity contribution in [1.29, 1.82) is 0 Å². The summed E-state index contributed by atoms with van der Waals surface area (Å²) in [7, 11) is 0. The zero-order chi connectivity index (χ0) is 14.0. The number of amides is 1. The molecule has 0 aliphatic rings. The van der Waals surface area contributed by atoms with Crippen LogP contribution in [0.25, 0.3) is 10.9 Å². The highest BCUT2D eigenvalue weighted by molar-refractivity contribution is 5.84. The Morgan fingerprint density at radius 3 is 2.58 bits per heavy atom. The number of fused-ring (bicyclic) bond motifs is 1. The van der Waals surface area contributed by atoms with Crippen molar-refractivity contribution in [2.75, 3.05) is 0 Å². The molecule has 0 radical (unpaired) electrons. The van der Waals surface area contributed by atoms with Gasteiger partial charge in [0, 0.05) is 24.1 Å². The first-order valence-corrected chi connectivity index (χ1v) is 6.06.